The first kappa shape index (κ1) is 15.4. The van der Waals surface area contributed by atoms with Crippen molar-refractivity contribution in [3.63, 3.8) is 0 Å². The topological polar surface area (TPSA) is 69.6 Å². The van der Waals surface area contributed by atoms with Crippen molar-refractivity contribution in [3.05, 3.63) is 35.6 Å². The molecule has 114 valence electrons. The summed E-state index contributed by atoms with van der Waals surface area (Å²) in [4.78, 5) is 24.1. The van der Waals surface area contributed by atoms with Gasteiger partial charge < -0.3 is 10.4 Å². The molecule has 1 aromatic carbocycles. The maximum absolute atomic E-state index is 12.9. The summed E-state index contributed by atoms with van der Waals surface area (Å²) in [5.74, 6) is -1.33. The largest absolute Gasteiger partial charge is 0.480 e. The molecule has 0 saturated carbocycles. The fourth-order valence-electron chi connectivity index (χ4n) is 2.71. The van der Waals surface area contributed by atoms with Gasteiger partial charge in [0.1, 0.15) is 12.4 Å². The lowest BCUT2D eigenvalue weighted by Crippen LogP contribution is -2.40. The number of hydrogen-bond donors (Lipinski definition) is 2. The molecule has 0 unspecified atom stereocenters. The van der Waals surface area contributed by atoms with Crippen molar-refractivity contribution in [1.29, 1.82) is 0 Å². The molecule has 1 aromatic rings. The molecule has 2 N–H and O–H groups in total. The number of nitrogens with one attached hydrogen (secondary N) is 1. The summed E-state index contributed by atoms with van der Waals surface area (Å²) in [6.07, 6.45) is 0.901. The number of halogens is 1. The molecule has 1 aliphatic heterocycles. The summed E-state index contributed by atoms with van der Waals surface area (Å²) in [6, 6.07) is 6.68. The number of carbonyl (C=O) groups excluding carboxylic acids is 1. The number of carbonyl (C=O) groups is 2. The van der Waals surface area contributed by atoms with E-state index in [1.807, 2.05) is 11.8 Å². The molecule has 0 aromatic heterocycles. The number of amides is 1. The van der Waals surface area contributed by atoms with Crippen molar-refractivity contribution >= 4 is 11.9 Å². The van der Waals surface area contributed by atoms with Crippen LogP contribution in [-0.4, -0.2) is 47.6 Å². The minimum absolute atomic E-state index is 0.187. The van der Waals surface area contributed by atoms with Gasteiger partial charge in [-0.2, -0.15) is 0 Å². The van der Waals surface area contributed by atoms with Crippen LogP contribution in [0.4, 0.5) is 4.39 Å². The summed E-state index contributed by atoms with van der Waals surface area (Å²) in [6.45, 7) is 2.58. The van der Waals surface area contributed by atoms with Crippen LogP contribution in [0.25, 0.3) is 0 Å². The second-order valence-electron chi connectivity index (χ2n) is 5.43. The molecule has 1 saturated heterocycles. The maximum Gasteiger partial charge on any atom is 0.322 e. The normalized spacial score (nSPS) is 22.2. The molecule has 1 heterocycles. The molecule has 5 nitrogen and oxygen atoms in total. The van der Waals surface area contributed by atoms with Gasteiger partial charge >= 0.3 is 5.97 Å². The number of carboxylic acid groups (broad SMARTS) is 1. The second-order valence-corrected chi connectivity index (χ2v) is 5.43. The van der Waals surface area contributed by atoms with Gasteiger partial charge in [0, 0.05) is 12.6 Å². The fourth-order valence-corrected chi connectivity index (χ4v) is 2.71. The molecular weight excluding hydrogens is 275 g/mol. The standard InChI is InChI=1S/C15H19FN2O3/c1-10-6-12(11-2-4-13(16)5-3-11)8-18(10)9-14(19)17-7-15(20)21/h2-5,10,12H,6-9H2,1H3,(H,17,19)(H,20,21)/t10-,12-/m0/s1. The van der Waals surface area contributed by atoms with Crippen LogP contribution in [0.5, 0.6) is 0 Å². The molecule has 2 rings (SSSR count). The van der Waals surface area contributed by atoms with Crippen LogP contribution in [0.15, 0.2) is 24.3 Å². The van der Waals surface area contributed by atoms with Gasteiger partial charge in [-0.25, -0.2) is 4.39 Å². The Kier molecular flexibility index (Phi) is 4.90. The van der Waals surface area contributed by atoms with E-state index in [0.29, 0.717) is 6.54 Å². The number of likely N-dealkylation sites (tertiary alicyclic amines) is 1. The highest BCUT2D eigenvalue weighted by atomic mass is 19.1. The van der Waals surface area contributed by atoms with E-state index in [1.165, 1.54) is 12.1 Å². The van der Waals surface area contributed by atoms with Crippen LogP contribution in [0, 0.1) is 5.82 Å². The van der Waals surface area contributed by atoms with Gasteiger partial charge in [0.2, 0.25) is 5.91 Å². The summed E-state index contributed by atoms with van der Waals surface area (Å²) in [5, 5.41) is 10.9. The Balaban J connectivity index is 1.90. The molecular formula is C15H19FN2O3. The Morgan fingerprint density at radius 1 is 1.38 bits per heavy atom. The van der Waals surface area contributed by atoms with E-state index in [9.17, 15) is 14.0 Å². The summed E-state index contributed by atoms with van der Waals surface area (Å²) < 4.78 is 12.9. The van der Waals surface area contributed by atoms with Crippen molar-refractivity contribution in [2.24, 2.45) is 0 Å². The Morgan fingerprint density at radius 3 is 2.67 bits per heavy atom. The van der Waals surface area contributed by atoms with Gasteiger partial charge in [0.25, 0.3) is 0 Å². The smallest absolute Gasteiger partial charge is 0.322 e. The minimum atomic E-state index is -1.05. The highest BCUT2D eigenvalue weighted by molar-refractivity contribution is 5.82. The van der Waals surface area contributed by atoms with Gasteiger partial charge in [0.05, 0.1) is 6.54 Å². The monoisotopic (exact) mass is 294 g/mol. The van der Waals surface area contributed by atoms with E-state index < -0.39 is 5.97 Å². The Labute approximate surface area is 122 Å². The van der Waals surface area contributed by atoms with E-state index in [1.54, 1.807) is 12.1 Å². The molecule has 1 fully saturated rings. The molecule has 21 heavy (non-hydrogen) atoms. The second kappa shape index (κ2) is 6.67. The minimum Gasteiger partial charge on any atom is -0.480 e. The first-order valence-electron chi connectivity index (χ1n) is 6.93. The van der Waals surface area contributed by atoms with Gasteiger partial charge in [-0.15, -0.1) is 0 Å². The summed E-state index contributed by atoms with van der Waals surface area (Å²) >= 11 is 0. The zero-order chi connectivity index (χ0) is 15.4. The lowest BCUT2D eigenvalue weighted by Gasteiger charge is -2.20. The Bertz CT molecular complexity index is 518. The van der Waals surface area contributed by atoms with Crippen LogP contribution in [0.1, 0.15) is 24.8 Å². The number of carboxylic acids is 1. The summed E-state index contributed by atoms with van der Waals surface area (Å²) in [5.41, 5.74) is 1.07. The third-order valence-electron chi connectivity index (χ3n) is 3.83. The molecule has 0 bridgehead atoms. The summed E-state index contributed by atoms with van der Waals surface area (Å²) in [7, 11) is 0. The predicted octanol–water partition coefficient (Wildman–Crippen LogP) is 1.20. The molecule has 1 aliphatic rings. The lowest BCUT2D eigenvalue weighted by atomic mass is 9.97. The van der Waals surface area contributed by atoms with Crippen LogP contribution in [-0.2, 0) is 9.59 Å². The predicted molar refractivity (Wildman–Crippen MR) is 75.4 cm³/mol. The van der Waals surface area contributed by atoms with Crippen molar-refractivity contribution in [3.8, 4) is 0 Å². The van der Waals surface area contributed by atoms with E-state index in [2.05, 4.69) is 5.32 Å². The van der Waals surface area contributed by atoms with Gasteiger partial charge in [0.15, 0.2) is 0 Å². The quantitative estimate of drug-likeness (QED) is 0.856. The van der Waals surface area contributed by atoms with Crippen LogP contribution >= 0.6 is 0 Å². The van der Waals surface area contributed by atoms with Gasteiger partial charge in [-0.3, -0.25) is 14.5 Å². The molecule has 1 amide bonds. The number of hydrogen-bond acceptors (Lipinski definition) is 3. The highest BCUT2D eigenvalue weighted by Crippen LogP contribution is 2.31. The lowest BCUT2D eigenvalue weighted by molar-refractivity contribution is -0.138. The fraction of sp³-hybridized carbons (Fsp3) is 0.467. The van der Waals surface area contributed by atoms with E-state index in [4.69, 9.17) is 5.11 Å². The van der Waals surface area contributed by atoms with Crippen molar-refractivity contribution in [2.45, 2.75) is 25.3 Å². The number of benzene rings is 1. The highest BCUT2D eigenvalue weighted by Gasteiger charge is 2.31. The molecule has 0 aliphatic carbocycles. The average Bonchev–Trinajstić information content (AvgIpc) is 2.78. The first-order valence-corrected chi connectivity index (χ1v) is 6.93. The Hall–Kier alpha value is -1.95. The SMILES string of the molecule is C[C@H]1C[C@H](c2ccc(F)cc2)CN1CC(=O)NCC(=O)O. The third kappa shape index (κ3) is 4.26. The van der Waals surface area contributed by atoms with E-state index >= 15 is 0 Å². The van der Waals surface area contributed by atoms with E-state index in [0.717, 1.165) is 12.0 Å². The number of nitrogens with zero attached hydrogens (tertiary/aromatic N) is 1. The molecule has 0 radical (unpaired) electrons. The van der Waals surface area contributed by atoms with Gasteiger partial charge in [-0.1, -0.05) is 12.1 Å². The van der Waals surface area contributed by atoms with Crippen molar-refractivity contribution in [1.82, 2.24) is 10.2 Å². The number of aliphatic carboxylic acids is 1. The third-order valence-corrected chi connectivity index (χ3v) is 3.83. The van der Waals surface area contributed by atoms with Crippen molar-refractivity contribution < 1.29 is 19.1 Å². The van der Waals surface area contributed by atoms with Gasteiger partial charge in [-0.05, 0) is 37.0 Å². The molecule has 0 spiro atoms. The Morgan fingerprint density at radius 2 is 2.05 bits per heavy atom. The van der Waals surface area contributed by atoms with Crippen LogP contribution < -0.4 is 5.32 Å². The number of rotatable bonds is 5. The van der Waals surface area contributed by atoms with Crippen LogP contribution in [0.3, 0.4) is 0 Å². The first-order chi connectivity index (χ1) is 9.95. The van der Waals surface area contributed by atoms with Crippen LogP contribution in [0.2, 0.25) is 0 Å². The molecule has 2 atom stereocenters. The zero-order valence-corrected chi connectivity index (χ0v) is 11.9. The average molecular weight is 294 g/mol. The van der Waals surface area contributed by atoms with Crippen molar-refractivity contribution in [2.75, 3.05) is 19.6 Å². The molecule has 6 heteroatoms. The van der Waals surface area contributed by atoms with E-state index in [-0.39, 0.29) is 36.8 Å². The zero-order valence-electron chi connectivity index (χ0n) is 11.9. The maximum atomic E-state index is 12.9.